The van der Waals surface area contributed by atoms with Crippen LogP contribution < -0.4 is 56.6 Å². The maximum absolute atomic E-state index is 2.23. The average molecular weight is 791 g/mol. The maximum atomic E-state index is 2.23. The van der Waals surface area contributed by atoms with E-state index in [1.54, 1.807) is 0 Å². The Kier molecular flexibility index (Phi) is 15.9. The molecule has 0 aliphatic carbocycles. The molecule has 208 valence electrons. The smallest absolute Gasteiger partial charge is 1.00 e. The van der Waals surface area contributed by atoms with E-state index in [4.69, 9.17) is 0 Å². The van der Waals surface area contributed by atoms with E-state index in [2.05, 4.69) is 182 Å². The zero-order chi connectivity index (χ0) is 25.8. The Morgan fingerprint density at radius 3 is 0.463 bits per heavy atom. The van der Waals surface area contributed by atoms with Crippen molar-refractivity contribution in [3.05, 3.63) is 182 Å². The second kappa shape index (κ2) is 18.8. The van der Waals surface area contributed by atoms with E-state index in [9.17, 15) is 0 Å². The summed E-state index contributed by atoms with van der Waals surface area (Å²) in [6, 6.07) is 64.7. The molecule has 0 unspecified atom stereocenters. The first-order chi connectivity index (χ1) is 18.9. The van der Waals surface area contributed by atoms with Gasteiger partial charge in [0.05, 0.1) is 0 Å². The molecular weight excluding hydrogens is 760 g/mol. The van der Waals surface area contributed by atoms with Gasteiger partial charge in [-0.2, -0.15) is 0 Å². The summed E-state index contributed by atoms with van der Waals surface area (Å²) in [5.41, 5.74) is 0. The summed E-state index contributed by atoms with van der Waals surface area (Å²) >= 11 is 0. The largest absolute Gasteiger partial charge is 2.00 e. The fraction of sp³-hybridized carbons (Fsp3) is 0. The first kappa shape index (κ1) is 34.6. The molecule has 0 saturated heterocycles. The molecule has 0 radical (unpaired) electrons. The molecule has 0 bridgehead atoms. The molecule has 6 aromatic carbocycles. The third kappa shape index (κ3) is 9.76. The maximum Gasteiger partial charge on any atom is 2.00 e. The second-order valence-electron chi connectivity index (χ2n) is 8.68. The van der Waals surface area contributed by atoms with E-state index in [0.717, 1.165) is 0 Å². The number of benzene rings is 6. The van der Waals surface area contributed by atoms with Gasteiger partial charge in [-0.3, -0.25) is 0 Å². The fourth-order valence-electron chi connectivity index (χ4n) is 4.36. The number of hydrogen-bond acceptors (Lipinski definition) is 0. The zero-order valence-corrected chi connectivity index (χ0v) is 27.9. The quantitative estimate of drug-likeness (QED) is 0.221. The molecule has 0 aliphatic heterocycles. The summed E-state index contributed by atoms with van der Waals surface area (Å²) in [6.45, 7) is 0. The van der Waals surface area contributed by atoms with Crippen LogP contribution in [0.15, 0.2) is 182 Å². The fourth-order valence-corrected chi connectivity index (χ4v) is 8.97. The molecule has 6 aromatic rings. The molecule has 5 heteroatoms. The van der Waals surface area contributed by atoms with Crippen molar-refractivity contribution < 1.29 is 45.9 Å². The molecule has 0 atom stereocenters. The molecule has 0 nitrogen and oxygen atoms in total. The molecule has 0 heterocycles. The summed E-state index contributed by atoms with van der Waals surface area (Å²) < 4.78 is 0. The van der Waals surface area contributed by atoms with Gasteiger partial charge >= 0.3 is 21.1 Å². The van der Waals surface area contributed by atoms with Crippen LogP contribution in [0.1, 0.15) is 0 Å². The predicted molar refractivity (Wildman–Crippen MR) is 170 cm³/mol. The van der Waals surface area contributed by atoms with Gasteiger partial charge in [-0.15, -0.1) is 0 Å². The third-order valence-electron chi connectivity index (χ3n) is 6.09. The normalized spacial score (nSPS) is 9.80. The summed E-state index contributed by atoms with van der Waals surface area (Å²) in [5, 5.41) is 8.39. The summed E-state index contributed by atoms with van der Waals surface area (Å²) in [7, 11) is -0.892. The molecule has 0 amide bonds. The first-order valence-electron chi connectivity index (χ1n) is 12.8. The molecule has 0 N–H and O–H groups in total. The van der Waals surface area contributed by atoms with Gasteiger partial charge in [0.2, 0.25) is 0 Å². The number of halogens is 2. The van der Waals surface area contributed by atoms with Gasteiger partial charge in [-0.25, -0.2) is 0 Å². The van der Waals surface area contributed by atoms with Crippen LogP contribution in [-0.2, 0) is 21.1 Å². The van der Waals surface area contributed by atoms with Crippen LogP contribution in [-0.4, -0.2) is 0 Å². The monoisotopic (exact) mass is 789 g/mol. The SMILES string of the molecule is [Cl-].[Cl-].[Pt+2].c1ccc(P(c2ccccc2)c2ccccc2)cc1.c1ccc(P(c2ccccc2)c2ccccc2)cc1. The van der Waals surface area contributed by atoms with Crippen molar-refractivity contribution in [1.82, 2.24) is 0 Å². The topological polar surface area (TPSA) is 0 Å². The third-order valence-corrected chi connectivity index (χ3v) is 11.0. The van der Waals surface area contributed by atoms with Crippen molar-refractivity contribution in [3.8, 4) is 0 Å². The molecule has 0 saturated carbocycles. The Bertz CT molecular complexity index is 1180. The Balaban J connectivity index is 0.000000267. The Labute approximate surface area is 273 Å². The molecule has 6 rings (SSSR count). The molecule has 0 aliphatic rings. The van der Waals surface area contributed by atoms with Crippen LogP contribution in [0.2, 0.25) is 0 Å². The van der Waals surface area contributed by atoms with Gasteiger partial charge in [-0.1, -0.05) is 182 Å². The number of hydrogen-bond donors (Lipinski definition) is 0. The summed E-state index contributed by atoms with van der Waals surface area (Å²) in [5.74, 6) is 0. The Morgan fingerprint density at radius 2 is 0.341 bits per heavy atom. The van der Waals surface area contributed by atoms with Crippen molar-refractivity contribution in [2.75, 3.05) is 0 Å². The summed E-state index contributed by atoms with van der Waals surface area (Å²) in [4.78, 5) is 0. The van der Waals surface area contributed by atoms with Gasteiger partial charge < -0.3 is 24.8 Å². The van der Waals surface area contributed by atoms with Crippen molar-refractivity contribution in [2.24, 2.45) is 0 Å². The van der Waals surface area contributed by atoms with E-state index in [0.29, 0.717) is 0 Å². The van der Waals surface area contributed by atoms with Gasteiger partial charge in [0.15, 0.2) is 0 Å². The molecule has 41 heavy (non-hydrogen) atoms. The van der Waals surface area contributed by atoms with Crippen LogP contribution >= 0.6 is 15.8 Å². The van der Waals surface area contributed by atoms with Crippen LogP contribution in [0.25, 0.3) is 0 Å². The van der Waals surface area contributed by atoms with Crippen LogP contribution in [0.5, 0.6) is 0 Å². The Hall–Kier alpha value is -2.55. The van der Waals surface area contributed by atoms with E-state index in [1.807, 2.05) is 0 Å². The minimum Gasteiger partial charge on any atom is -1.00 e. The van der Waals surface area contributed by atoms with Crippen LogP contribution in [0.4, 0.5) is 0 Å². The zero-order valence-electron chi connectivity index (χ0n) is 22.3. The van der Waals surface area contributed by atoms with E-state index >= 15 is 0 Å². The van der Waals surface area contributed by atoms with E-state index in [1.165, 1.54) is 31.8 Å². The van der Waals surface area contributed by atoms with Crippen LogP contribution in [0.3, 0.4) is 0 Å². The minimum absolute atomic E-state index is 0. The van der Waals surface area contributed by atoms with Gasteiger partial charge in [0, 0.05) is 0 Å². The predicted octanol–water partition coefficient (Wildman–Crippen LogP) is 0.895. The Morgan fingerprint density at radius 1 is 0.220 bits per heavy atom. The van der Waals surface area contributed by atoms with Crippen molar-refractivity contribution in [3.63, 3.8) is 0 Å². The van der Waals surface area contributed by atoms with E-state index in [-0.39, 0.29) is 45.9 Å². The molecule has 0 aromatic heterocycles. The van der Waals surface area contributed by atoms with E-state index < -0.39 is 15.8 Å². The molecular formula is C36H30Cl2P2Pt. The second-order valence-corrected chi connectivity index (χ2v) is 13.1. The van der Waals surface area contributed by atoms with Crippen LogP contribution in [0, 0.1) is 0 Å². The van der Waals surface area contributed by atoms with Crippen molar-refractivity contribution in [1.29, 1.82) is 0 Å². The minimum atomic E-state index is -0.446. The van der Waals surface area contributed by atoms with Gasteiger partial charge in [-0.05, 0) is 47.7 Å². The molecule has 0 spiro atoms. The first-order valence-corrected chi connectivity index (χ1v) is 15.5. The average Bonchev–Trinajstić information content (AvgIpc) is 3.01. The van der Waals surface area contributed by atoms with Crippen molar-refractivity contribution >= 4 is 47.7 Å². The summed E-state index contributed by atoms with van der Waals surface area (Å²) in [6.07, 6.45) is 0. The van der Waals surface area contributed by atoms with Gasteiger partial charge in [0.1, 0.15) is 0 Å². The molecule has 0 fully saturated rings. The van der Waals surface area contributed by atoms with Crippen molar-refractivity contribution in [2.45, 2.75) is 0 Å². The number of rotatable bonds is 6. The van der Waals surface area contributed by atoms with Gasteiger partial charge in [0.25, 0.3) is 0 Å². The standard InChI is InChI=1S/2C18H15P.2ClH.Pt/c2*1-4-10-16(11-5-1)19(17-12-6-2-7-13-17)18-14-8-3-9-15-18;;;/h2*1-15H;2*1H;/q;;;;+2/p-2.